The highest BCUT2D eigenvalue weighted by molar-refractivity contribution is 6.53. The van der Waals surface area contributed by atoms with Gasteiger partial charge in [-0.05, 0) is 17.7 Å². The molecule has 1 aliphatic rings. The van der Waals surface area contributed by atoms with Crippen molar-refractivity contribution in [2.45, 2.75) is 6.54 Å². The van der Waals surface area contributed by atoms with Crippen LogP contribution < -0.4 is 19.1 Å². The summed E-state index contributed by atoms with van der Waals surface area (Å²) >= 11 is 0. The predicted molar refractivity (Wildman–Crippen MR) is 88.0 cm³/mol. The maximum Gasteiger partial charge on any atom is 0.299 e. The van der Waals surface area contributed by atoms with Gasteiger partial charge in [-0.25, -0.2) is 4.39 Å². The Morgan fingerprint density at radius 2 is 1.72 bits per heavy atom. The fourth-order valence-electron chi connectivity index (χ4n) is 2.89. The lowest BCUT2D eigenvalue weighted by molar-refractivity contribution is -0.114. The first-order valence-corrected chi connectivity index (χ1v) is 7.45. The smallest absolute Gasteiger partial charge is 0.299 e. The molecule has 3 rings (SSSR count). The van der Waals surface area contributed by atoms with Crippen LogP contribution in [0.4, 0.5) is 10.1 Å². The van der Waals surface area contributed by atoms with Gasteiger partial charge in [0.1, 0.15) is 5.82 Å². The van der Waals surface area contributed by atoms with Gasteiger partial charge in [0.05, 0.1) is 39.1 Å². The van der Waals surface area contributed by atoms with Gasteiger partial charge in [0.15, 0.2) is 11.5 Å². The van der Waals surface area contributed by atoms with Crippen LogP contribution in [0.1, 0.15) is 15.9 Å². The largest absolute Gasteiger partial charge is 0.493 e. The summed E-state index contributed by atoms with van der Waals surface area (Å²) in [5.74, 6) is -1.14. The maximum atomic E-state index is 13.4. The molecule has 130 valence electrons. The number of amides is 1. The van der Waals surface area contributed by atoms with E-state index in [2.05, 4.69) is 0 Å². The Labute approximate surface area is 143 Å². The molecule has 0 saturated heterocycles. The molecule has 25 heavy (non-hydrogen) atoms. The molecule has 0 aliphatic carbocycles. The molecule has 1 aliphatic heterocycles. The molecule has 0 aromatic heterocycles. The molecule has 0 unspecified atom stereocenters. The van der Waals surface area contributed by atoms with Crippen molar-refractivity contribution in [2.75, 3.05) is 26.2 Å². The normalized spacial score (nSPS) is 13.0. The average Bonchev–Trinajstić information content (AvgIpc) is 2.84. The SMILES string of the molecule is COc1cc2c(c(OC)c1OC)C(=O)C(=O)N2Cc1cccc(F)c1. The minimum atomic E-state index is -0.715. The summed E-state index contributed by atoms with van der Waals surface area (Å²) in [6.45, 7) is 0.0496. The van der Waals surface area contributed by atoms with Crippen molar-refractivity contribution in [3.05, 3.63) is 47.3 Å². The fourth-order valence-corrected chi connectivity index (χ4v) is 2.89. The van der Waals surface area contributed by atoms with Gasteiger partial charge in [-0.15, -0.1) is 0 Å². The standard InChI is InChI=1S/C18H16FNO5/c1-23-13-8-12-14(17(25-3)16(13)24-2)15(21)18(22)20(12)9-10-5-4-6-11(19)7-10/h4-8H,9H2,1-3H3. The van der Waals surface area contributed by atoms with E-state index in [1.807, 2.05) is 0 Å². The number of hydrogen-bond donors (Lipinski definition) is 0. The highest BCUT2D eigenvalue weighted by Gasteiger charge is 2.41. The minimum absolute atomic E-state index is 0.0496. The van der Waals surface area contributed by atoms with Crippen molar-refractivity contribution in [1.29, 1.82) is 0 Å². The zero-order chi connectivity index (χ0) is 18.1. The van der Waals surface area contributed by atoms with Crippen LogP contribution in [0.15, 0.2) is 30.3 Å². The number of fused-ring (bicyclic) bond motifs is 1. The number of benzene rings is 2. The third kappa shape index (κ3) is 2.67. The zero-order valence-corrected chi connectivity index (χ0v) is 14.0. The number of carbonyl (C=O) groups excluding carboxylic acids is 2. The van der Waals surface area contributed by atoms with Gasteiger partial charge in [-0.3, -0.25) is 9.59 Å². The van der Waals surface area contributed by atoms with E-state index in [0.717, 1.165) is 0 Å². The van der Waals surface area contributed by atoms with Crippen molar-refractivity contribution in [3.8, 4) is 17.2 Å². The molecule has 0 spiro atoms. The quantitative estimate of drug-likeness (QED) is 0.780. The van der Waals surface area contributed by atoms with Gasteiger partial charge in [-0.2, -0.15) is 0 Å². The number of nitrogens with zero attached hydrogens (tertiary/aromatic N) is 1. The monoisotopic (exact) mass is 345 g/mol. The van der Waals surface area contributed by atoms with Crippen molar-refractivity contribution in [2.24, 2.45) is 0 Å². The Bertz CT molecular complexity index is 865. The van der Waals surface area contributed by atoms with E-state index in [4.69, 9.17) is 14.2 Å². The van der Waals surface area contributed by atoms with Crippen LogP contribution >= 0.6 is 0 Å². The van der Waals surface area contributed by atoms with Gasteiger partial charge in [0.25, 0.3) is 11.7 Å². The molecule has 0 radical (unpaired) electrons. The van der Waals surface area contributed by atoms with Gasteiger partial charge >= 0.3 is 0 Å². The lowest BCUT2D eigenvalue weighted by Gasteiger charge is -2.19. The van der Waals surface area contributed by atoms with Crippen LogP contribution in [0, 0.1) is 5.82 Å². The number of ether oxygens (including phenoxy) is 3. The van der Waals surface area contributed by atoms with E-state index < -0.39 is 17.5 Å². The second kappa shape index (κ2) is 6.43. The molecule has 7 heteroatoms. The van der Waals surface area contributed by atoms with E-state index in [-0.39, 0.29) is 23.6 Å². The molecule has 6 nitrogen and oxygen atoms in total. The summed E-state index contributed by atoms with van der Waals surface area (Å²) < 4.78 is 29.2. The summed E-state index contributed by atoms with van der Waals surface area (Å²) in [4.78, 5) is 26.2. The van der Waals surface area contributed by atoms with Gasteiger partial charge < -0.3 is 19.1 Å². The van der Waals surface area contributed by atoms with Crippen molar-refractivity contribution in [1.82, 2.24) is 0 Å². The van der Waals surface area contributed by atoms with Gasteiger partial charge in [0.2, 0.25) is 5.75 Å². The molecule has 0 bridgehead atoms. The average molecular weight is 345 g/mol. The number of ketones is 1. The summed E-state index contributed by atoms with van der Waals surface area (Å²) in [6, 6.07) is 7.39. The van der Waals surface area contributed by atoms with E-state index in [1.165, 1.54) is 38.4 Å². The molecule has 0 N–H and O–H groups in total. The van der Waals surface area contributed by atoms with Crippen LogP contribution in [0.25, 0.3) is 0 Å². The molecule has 0 fully saturated rings. The first-order valence-electron chi connectivity index (χ1n) is 7.45. The summed E-state index contributed by atoms with van der Waals surface area (Å²) in [5, 5.41) is 0. The summed E-state index contributed by atoms with van der Waals surface area (Å²) in [6.07, 6.45) is 0. The van der Waals surface area contributed by atoms with Crippen LogP contribution in [0.2, 0.25) is 0 Å². The van der Waals surface area contributed by atoms with Crippen LogP contribution in [0.5, 0.6) is 17.2 Å². The van der Waals surface area contributed by atoms with Crippen molar-refractivity contribution >= 4 is 17.4 Å². The minimum Gasteiger partial charge on any atom is -0.493 e. The van der Waals surface area contributed by atoms with E-state index in [0.29, 0.717) is 17.0 Å². The third-order valence-corrected chi connectivity index (χ3v) is 4.00. The fraction of sp³-hybridized carbons (Fsp3) is 0.222. The third-order valence-electron chi connectivity index (χ3n) is 4.00. The molecular formula is C18H16FNO5. The zero-order valence-electron chi connectivity index (χ0n) is 14.0. The number of hydrogen-bond acceptors (Lipinski definition) is 5. The maximum absolute atomic E-state index is 13.4. The lowest BCUT2D eigenvalue weighted by Crippen LogP contribution is -2.29. The number of carbonyl (C=O) groups is 2. The highest BCUT2D eigenvalue weighted by atomic mass is 19.1. The van der Waals surface area contributed by atoms with Crippen molar-refractivity contribution < 1.29 is 28.2 Å². The molecule has 1 heterocycles. The number of Topliss-reactive ketones (excluding diaryl/α,β-unsaturated/α-hetero) is 1. The first kappa shape index (κ1) is 16.8. The van der Waals surface area contributed by atoms with Crippen LogP contribution in [-0.4, -0.2) is 33.0 Å². The Hall–Kier alpha value is -3.09. The topological polar surface area (TPSA) is 65.1 Å². The van der Waals surface area contributed by atoms with E-state index in [9.17, 15) is 14.0 Å². The van der Waals surface area contributed by atoms with Gasteiger partial charge in [0, 0.05) is 6.07 Å². The molecule has 2 aromatic carbocycles. The number of halogens is 1. The first-order chi connectivity index (χ1) is 12.0. The second-order valence-corrected chi connectivity index (χ2v) is 5.39. The van der Waals surface area contributed by atoms with Crippen LogP contribution in [0.3, 0.4) is 0 Å². The van der Waals surface area contributed by atoms with E-state index in [1.54, 1.807) is 18.2 Å². The Morgan fingerprint density at radius 3 is 2.32 bits per heavy atom. The molecular weight excluding hydrogens is 329 g/mol. The Morgan fingerprint density at radius 1 is 1.00 bits per heavy atom. The number of rotatable bonds is 5. The Balaban J connectivity index is 2.14. The van der Waals surface area contributed by atoms with Crippen LogP contribution in [-0.2, 0) is 11.3 Å². The lowest BCUT2D eigenvalue weighted by atomic mass is 10.1. The second-order valence-electron chi connectivity index (χ2n) is 5.39. The predicted octanol–water partition coefficient (Wildman–Crippen LogP) is 2.58. The molecule has 2 aromatic rings. The molecule has 0 saturated carbocycles. The van der Waals surface area contributed by atoms with Crippen molar-refractivity contribution in [3.63, 3.8) is 0 Å². The molecule has 1 amide bonds. The molecule has 0 atom stereocenters. The van der Waals surface area contributed by atoms with Gasteiger partial charge in [-0.1, -0.05) is 12.1 Å². The highest BCUT2D eigenvalue weighted by Crippen LogP contribution is 2.48. The number of anilines is 1. The summed E-state index contributed by atoms with van der Waals surface area (Å²) in [7, 11) is 4.24. The Kier molecular flexibility index (Phi) is 4.31. The van der Waals surface area contributed by atoms with E-state index >= 15 is 0 Å². The number of methoxy groups -OCH3 is 3. The summed E-state index contributed by atoms with van der Waals surface area (Å²) in [5.41, 5.74) is 1.01.